The van der Waals surface area contributed by atoms with Crippen molar-refractivity contribution in [2.75, 3.05) is 13.6 Å². The van der Waals surface area contributed by atoms with Crippen LogP contribution in [0.3, 0.4) is 0 Å². The molecular formula is C12H12FIN2O2. The predicted octanol–water partition coefficient (Wildman–Crippen LogP) is -0.242. The van der Waals surface area contributed by atoms with Gasteiger partial charge >= 0.3 is 0 Å². The topological polar surface area (TPSA) is 43.1 Å². The molecule has 0 saturated heterocycles. The minimum Gasteiger partial charge on any atom is -1.00 e. The van der Waals surface area contributed by atoms with Gasteiger partial charge in [-0.1, -0.05) is 6.08 Å². The third-order valence-electron chi connectivity index (χ3n) is 2.84. The fourth-order valence-corrected chi connectivity index (χ4v) is 1.86. The van der Waals surface area contributed by atoms with Crippen molar-refractivity contribution in [3.05, 3.63) is 58.6 Å². The number of quaternary nitrogens is 1. The molecule has 1 heterocycles. The number of hydrogen-bond donors (Lipinski definition) is 0. The number of hydrogen-bond acceptors (Lipinski definition) is 2. The van der Waals surface area contributed by atoms with Crippen molar-refractivity contribution in [2.45, 2.75) is 0 Å². The number of rotatable bonds is 2. The highest BCUT2D eigenvalue weighted by atomic mass is 127. The Labute approximate surface area is 121 Å². The number of nitro groups is 1. The highest BCUT2D eigenvalue weighted by Gasteiger charge is 2.27. The molecule has 0 radical (unpaired) electrons. The van der Waals surface area contributed by atoms with E-state index in [1.54, 1.807) is 0 Å². The van der Waals surface area contributed by atoms with Gasteiger partial charge in [0.1, 0.15) is 12.7 Å². The average molecular weight is 362 g/mol. The molecule has 1 aromatic rings. The normalized spacial score (nSPS) is 21.4. The Morgan fingerprint density at radius 3 is 2.61 bits per heavy atom. The van der Waals surface area contributed by atoms with Crippen LogP contribution < -0.4 is 28.5 Å². The third kappa shape index (κ3) is 2.75. The van der Waals surface area contributed by atoms with Gasteiger partial charge in [-0.2, -0.15) is 0 Å². The fourth-order valence-electron chi connectivity index (χ4n) is 1.86. The first-order valence-electron chi connectivity index (χ1n) is 5.17. The summed E-state index contributed by atoms with van der Waals surface area (Å²) in [6.45, 7) is 0.630. The number of benzene rings is 1. The zero-order valence-corrected chi connectivity index (χ0v) is 11.9. The van der Waals surface area contributed by atoms with E-state index < -0.39 is 10.7 Å². The molecular weight excluding hydrogens is 350 g/mol. The first kappa shape index (κ1) is 14.8. The van der Waals surface area contributed by atoms with Crippen LogP contribution in [0.15, 0.2) is 42.6 Å². The van der Waals surface area contributed by atoms with Crippen LogP contribution in [0, 0.1) is 15.9 Å². The van der Waals surface area contributed by atoms with E-state index >= 15 is 0 Å². The minimum absolute atomic E-state index is 0. The van der Waals surface area contributed by atoms with Gasteiger partial charge in [0.2, 0.25) is 0 Å². The Bertz CT molecular complexity index is 531. The lowest BCUT2D eigenvalue weighted by atomic mass is 10.2. The lowest BCUT2D eigenvalue weighted by Crippen LogP contribution is -3.00. The second-order valence-electron chi connectivity index (χ2n) is 4.11. The molecule has 0 amide bonds. The summed E-state index contributed by atoms with van der Waals surface area (Å²) < 4.78 is 14.1. The van der Waals surface area contributed by atoms with Crippen molar-refractivity contribution in [1.29, 1.82) is 0 Å². The van der Waals surface area contributed by atoms with Crippen LogP contribution in [0.4, 0.5) is 15.8 Å². The van der Waals surface area contributed by atoms with Crippen LogP contribution in [0.1, 0.15) is 0 Å². The summed E-state index contributed by atoms with van der Waals surface area (Å²) in [4.78, 5) is 9.93. The van der Waals surface area contributed by atoms with Gasteiger partial charge in [-0.3, -0.25) is 14.6 Å². The summed E-state index contributed by atoms with van der Waals surface area (Å²) in [7, 11) is 1.85. The molecule has 0 fully saturated rings. The monoisotopic (exact) mass is 362 g/mol. The van der Waals surface area contributed by atoms with Crippen molar-refractivity contribution in [1.82, 2.24) is 4.48 Å². The summed E-state index contributed by atoms with van der Waals surface area (Å²) >= 11 is 0. The van der Waals surface area contributed by atoms with Gasteiger partial charge in [0.25, 0.3) is 5.69 Å². The average Bonchev–Trinajstić information content (AvgIpc) is 2.29. The summed E-state index contributed by atoms with van der Waals surface area (Å²) in [6.07, 6.45) is 7.51. The van der Waals surface area contributed by atoms with Gasteiger partial charge in [-0.15, -0.1) is 0 Å². The van der Waals surface area contributed by atoms with Crippen molar-refractivity contribution in [3.63, 3.8) is 0 Å². The Kier molecular flexibility index (Phi) is 4.58. The lowest BCUT2D eigenvalue weighted by Gasteiger charge is -2.30. The maximum absolute atomic E-state index is 13.9. The standard InChI is InChI=1S/C12H12FN2O2.HI/c1-15(7-3-2-4-8-15)12-6-5-10(14(16)17)9-11(12)13;/h2-7,9H,8H2,1H3;1H/q+1;/p-1. The number of halogens is 2. The van der Waals surface area contributed by atoms with Gasteiger partial charge in [0.15, 0.2) is 11.5 Å². The van der Waals surface area contributed by atoms with Crippen molar-refractivity contribution >= 4 is 11.4 Å². The van der Waals surface area contributed by atoms with Crippen molar-refractivity contribution in [3.8, 4) is 0 Å². The molecule has 1 aromatic carbocycles. The maximum atomic E-state index is 13.9. The molecule has 1 atom stereocenters. The molecule has 1 unspecified atom stereocenters. The van der Waals surface area contributed by atoms with E-state index in [2.05, 4.69) is 0 Å². The Morgan fingerprint density at radius 1 is 1.39 bits per heavy atom. The van der Waals surface area contributed by atoms with E-state index in [4.69, 9.17) is 0 Å². The van der Waals surface area contributed by atoms with E-state index in [0.717, 1.165) is 6.07 Å². The molecule has 1 aliphatic heterocycles. The van der Waals surface area contributed by atoms with E-state index in [0.29, 0.717) is 12.2 Å². The van der Waals surface area contributed by atoms with Crippen LogP contribution >= 0.6 is 0 Å². The van der Waals surface area contributed by atoms with Crippen LogP contribution in [0.25, 0.3) is 0 Å². The SMILES string of the molecule is C[N+]1(c2ccc([N+](=O)[O-])cc2F)C=CC=CC1.[I-]. The van der Waals surface area contributed by atoms with Gasteiger partial charge in [0.05, 0.1) is 18.0 Å². The Morgan fingerprint density at radius 2 is 2.11 bits per heavy atom. The van der Waals surface area contributed by atoms with Gasteiger partial charge < -0.3 is 24.0 Å². The largest absolute Gasteiger partial charge is 1.00 e. The maximum Gasteiger partial charge on any atom is 0.272 e. The molecule has 2 rings (SSSR count). The molecule has 18 heavy (non-hydrogen) atoms. The highest BCUT2D eigenvalue weighted by Crippen LogP contribution is 2.29. The molecule has 0 N–H and O–H groups in total. The summed E-state index contributed by atoms with van der Waals surface area (Å²) in [6, 6.07) is 3.76. The minimum atomic E-state index is -0.598. The molecule has 0 bridgehead atoms. The number of nitro benzene ring substituents is 1. The number of nitrogens with zero attached hydrogens (tertiary/aromatic N) is 2. The second-order valence-corrected chi connectivity index (χ2v) is 4.11. The van der Waals surface area contributed by atoms with E-state index in [1.165, 1.54) is 12.1 Å². The summed E-state index contributed by atoms with van der Waals surface area (Å²) in [5.41, 5.74) is 0.200. The lowest BCUT2D eigenvalue weighted by molar-refractivity contribution is -0.385. The van der Waals surface area contributed by atoms with Crippen LogP contribution in [-0.4, -0.2) is 18.5 Å². The molecule has 0 aliphatic carbocycles. The first-order chi connectivity index (χ1) is 8.03. The summed E-state index contributed by atoms with van der Waals surface area (Å²) in [5.74, 6) is -0.554. The molecule has 96 valence electrons. The number of non-ortho nitro benzene ring substituents is 1. The molecule has 6 heteroatoms. The van der Waals surface area contributed by atoms with Crippen molar-refractivity contribution in [2.24, 2.45) is 0 Å². The van der Waals surface area contributed by atoms with Gasteiger partial charge in [0, 0.05) is 12.1 Å². The molecule has 4 nitrogen and oxygen atoms in total. The fraction of sp³-hybridized carbons (Fsp3) is 0.167. The molecule has 0 aromatic heterocycles. The quantitative estimate of drug-likeness (QED) is 0.316. The number of allylic oxidation sites excluding steroid dienone is 2. The smallest absolute Gasteiger partial charge is 0.272 e. The van der Waals surface area contributed by atoms with Crippen molar-refractivity contribution < 1.29 is 33.3 Å². The Hall–Kier alpha value is -1.28. The highest BCUT2D eigenvalue weighted by molar-refractivity contribution is 5.52. The van der Waals surface area contributed by atoms with Gasteiger partial charge in [-0.05, 0) is 12.2 Å². The first-order valence-corrected chi connectivity index (χ1v) is 5.17. The van der Waals surface area contributed by atoms with E-state index in [1.807, 2.05) is 31.5 Å². The zero-order valence-electron chi connectivity index (χ0n) is 9.72. The zero-order chi connectivity index (χ0) is 12.5. The van der Waals surface area contributed by atoms with Crippen LogP contribution in [0.2, 0.25) is 0 Å². The molecule has 0 saturated carbocycles. The molecule has 0 spiro atoms. The van der Waals surface area contributed by atoms with Gasteiger partial charge in [-0.25, -0.2) is 4.39 Å². The van der Waals surface area contributed by atoms with E-state index in [9.17, 15) is 14.5 Å². The molecule has 1 aliphatic rings. The predicted molar refractivity (Wildman–Crippen MR) is 63.9 cm³/mol. The van der Waals surface area contributed by atoms with E-state index in [-0.39, 0.29) is 34.1 Å². The van der Waals surface area contributed by atoms with Crippen LogP contribution in [0.5, 0.6) is 0 Å². The second kappa shape index (κ2) is 5.57. The summed E-state index contributed by atoms with van der Waals surface area (Å²) in [5, 5.41) is 10.5. The Balaban J connectivity index is 0.00000162. The van der Waals surface area contributed by atoms with Crippen LogP contribution in [-0.2, 0) is 0 Å². The third-order valence-corrected chi connectivity index (χ3v) is 2.84. The number of likely N-dealkylation sites (N-methyl/N-ethyl adjacent to an activating group) is 1.